The fraction of sp³-hybridized carbons (Fsp3) is 0.308. The lowest BCUT2D eigenvalue weighted by molar-refractivity contribution is 0.777. The molecule has 4 heteroatoms. The number of rotatable bonds is 3. The summed E-state index contributed by atoms with van der Waals surface area (Å²) in [4.78, 5) is 13.1. The fourth-order valence-corrected chi connectivity index (χ4v) is 1.51. The molecule has 4 nitrogen and oxygen atoms in total. The van der Waals surface area contributed by atoms with Gasteiger partial charge in [0.05, 0.1) is 5.69 Å². The normalized spacial score (nSPS) is 10.6. The van der Waals surface area contributed by atoms with Gasteiger partial charge in [-0.25, -0.2) is 9.97 Å². The Morgan fingerprint density at radius 3 is 2.65 bits per heavy atom. The van der Waals surface area contributed by atoms with Gasteiger partial charge in [-0.1, -0.05) is 13.8 Å². The smallest absolute Gasteiger partial charge is 0.133 e. The summed E-state index contributed by atoms with van der Waals surface area (Å²) < 4.78 is 0. The maximum Gasteiger partial charge on any atom is 0.133 e. The summed E-state index contributed by atoms with van der Waals surface area (Å²) >= 11 is 0. The number of nitrogens with zero attached hydrogens (tertiary/aromatic N) is 3. The lowest BCUT2D eigenvalue weighted by atomic mass is 10.1. The van der Waals surface area contributed by atoms with Crippen molar-refractivity contribution in [2.24, 2.45) is 0 Å². The molecule has 2 aromatic rings. The Balaban J connectivity index is 2.50. The second kappa shape index (κ2) is 4.91. The molecule has 88 valence electrons. The van der Waals surface area contributed by atoms with Crippen molar-refractivity contribution in [3.63, 3.8) is 0 Å². The van der Waals surface area contributed by atoms with E-state index in [1.165, 1.54) is 0 Å². The van der Waals surface area contributed by atoms with E-state index in [2.05, 4.69) is 34.1 Å². The maximum absolute atomic E-state index is 4.56. The van der Waals surface area contributed by atoms with Crippen LogP contribution in [0, 0.1) is 0 Å². The van der Waals surface area contributed by atoms with E-state index < -0.39 is 0 Å². The molecule has 0 bridgehead atoms. The minimum atomic E-state index is 0.304. The Hall–Kier alpha value is -1.97. The molecule has 0 aromatic carbocycles. The first-order chi connectivity index (χ1) is 8.20. The van der Waals surface area contributed by atoms with Crippen LogP contribution in [0.2, 0.25) is 0 Å². The van der Waals surface area contributed by atoms with E-state index in [1.807, 2.05) is 31.4 Å². The van der Waals surface area contributed by atoms with E-state index >= 15 is 0 Å². The summed E-state index contributed by atoms with van der Waals surface area (Å²) in [6.07, 6.45) is 3.57. The van der Waals surface area contributed by atoms with Crippen LogP contribution in [0.3, 0.4) is 0 Å². The lowest BCUT2D eigenvalue weighted by Gasteiger charge is -2.09. The molecular weight excluding hydrogens is 212 g/mol. The largest absolute Gasteiger partial charge is 0.373 e. The highest BCUT2D eigenvalue weighted by Gasteiger charge is 2.08. The van der Waals surface area contributed by atoms with Gasteiger partial charge in [0.2, 0.25) is 0 Å². The molecule has 0 aliphatic carbocycles. The standard InChI is InChI=1S/C13H16N4/c1-9(2)13-16-11(7-12(14-3)17-13)10-5-4-6-15-8-10/h4-9H,1-3H3,(H,14,16,17). The first-order valence-electron chi connectivity index (χ1n) is 5.68. The van der Waals surface area contributed by atoms with Gasteiger partial charge in [-0.15, -0.1) is 0 Å². The summed E-state index contributed by atoms with van der Waals surface area (Å²) in [5.41, 5.74) is 1.91. The molecule has 0 fully saturated rings. The predicted octanol–water partition coefficient (Wildman–Crippen LogP) is 2.70. The van der Waals surface area contributed by atoms with Crippen molar-refractivity contribution in [2.45, 2.75) is 19.8 Å². The van der Waals surface area contributed by atoms with E-state index in [-0.39, 0.29) is 0 Å². The molecule has 0 saturated heterocycles. The van der Waals surface area contributed by atoms with Gasteiger partial charge in [0.15, 0.2) is 0 Å². The van der Waals surface area contributed by atoms with E-state index in [9.17, 15) is 0 Å². The zero-order chi connectivity index (χ0) is 12.3. The van der Waals surface area contributed by atoms with Crippen molar-refractivity contribution in [1.29, 1.82) is 0 Å². The molecule has 17 heavy (non-hydrogen) atoms. The Bertz CT molecular complexity index is 494. The molecule has 0 spiro atoms. The van der Waals surface area contributed by atoms with Crippen molar-refractivity contribution in [3.05, 3.63) is 36.4 Å². The van der Waals surface area contributed by atoms with Crippen LogP contribution in [0.1, 0.15) is 25.6 Å². The molecule has 2 heterocycles. The third-order valence-electron chi connectivity index (χ3n) is 2.47. The monoisotopic (exact) mass is 228 g/mol. The molecule has 1 N–H and O–H groups in total. The first-order valence-corrected chi connectivity index (χ1v) is 5.68. The van der Waals surface area contributed by atoms with Crippen molar-refractivity contribution in [1.82, 2.24) is 15.0 Å². The number of anilines is 1. The lowest BCUT2D eigenvalue weighted by Crippen LogP contribution is -2.03. The summed E-state index contributed by atoms with van der Waals surface area (Å²) in [6, 6.07) is 5.84. The third-order valence-corrected chi connectivity index (χ3v) is 2.47. The van der Waals surface area contributed by atoms with Crippen LogP contribution in [-0.4, -0.2) is 22.0 Å². The second-order valence-corrected chi connectivity index (χ2v) is 4.14. The van der Waals surface area contributed by atoms with Gasteiger partial charge in [-0.3, -0.25) is 4.98 Å². The number of hydrogen-bond donors (Lipinski definition) is 1. The highest BCUT2D eigenvalue weighted by molar-refractivity contribution is 5.61. The van der Waals surface area contributed by atoms with Crippen molar-refractivity contribution in [3.8, 4) is 11.3 Å². The second-order valence-electron chi connectivity index (χ2n) is 4.14. The van der Waals surface area contributed by atoms with Gasteiger partial charge < -0.3 is 5.32 Å². The number of aromatic nitrogens is 3. The Kier molecular flexibility index (Phi) is 3.32. The first kappa shape index (κ1) is 11.5. The summed E-state index contributed by atoms with van der Waals surface area (Å²) in [5.74, 6) is 1.98. The van der Waals surface area contributed by atoms with E-state index in [0.29, 0.717) is 5.92 Å². The van der Waals surface area contributed by atoms with E-state index in [0.717, 1.165) is 22.9 Å². The Labute approximate surface area is 101 Å². The fourth-order valence-electron chi connectivity index (χ4n) is 1.51. The van der Waals surface area contributed by atoms with Gasteiger partial charge in [-0.05, 0) is 12.1 Å². The maximum atomic E-state index is 4.56. The molecule has 0 aliphatic rings. The SMILES string of the molecule is CNc1cc(-c2cccnc2)nc(C(C)C)n1. The average molecular weight is 228 g/mol. The summed E-state index contributed by atoms with van der Waals surface area (Å²) in [6.45, 7) is 4.17. The van der Waals surface area contributed by atoms with Gasteiger partial charge >= 0.3 is 0 Å². The van der Waals surface area contributed by atoms with Crippen LogP contribution in [0.4, 0.5) is 5.82 Å². The summed E-state index contributed by atoms with van der Waals surface area (Å²) in [5, 5.41) is 3.06. The molecule has 0 aliphatic heterocycles. The zero-order valence-electron chi connectivity index (χ0n) is 10.3. The van der Waals surface area contributed by atoms with E-state index in [4.69, 9.17) is 0 Å². The highest BCUT2D eigenvalue weighted by Crippen LogP contribution is 2.21. The highest BCUT2D eigenvalue weighted by atomic mass is 15.0. The third kappa shape index (κ3) is 2.58. The average Bonchev–Trinajstić information content (AvgIpc) is 2.39. The topological polar surface area (TPSA) is 50.7 Å². The predicted molar refractivity (Wildman–Crippen MR) is 68.9 cm³/mol. The van der Waals surface area contributed by atoms with Crippen molar-refractivity contribution >= 4 is 5.82 Å². The van der Waals surface area contributed by atoms with E-state index in [1.54, 1.807) is 6.20 Å². The number of pyridine rings is 1. The van der Waals surface area contributed by atoms with Crippen LogP contribution < -0.4 is 5.32 Å². The molecule has 0 amide bonds. The molecular formula is C13H16N4. The molecule has 2 rings (SSSR count). The zero-order valence-corrected chi connectivity index (χ0v) is 10.3. The van der Waals surface area contributed by atoms with Crippen molar-refractivity contribution < 1.29 is 0 Å². The molecule has 0 atom stereocenters. The molecule has 0 saturated carbocycles. The molecule has 2 aromatic heterocycles. The van der Waals surface area contributed by atoms with Crippen LogP contribution in [-0.2, 0) is 0 Å². The minimum absolute atomic E-state index is 0.304. The minimum Gasteiger partial charge on any atom is -0.373 e. The Morgan fingerprint density at radius 2 is 2.06 bits per heavy atom. The van der Waals surface area contributed by atoms with Crippen LogP contribution in [0.5, 0.6) is 0 Å². The molecule has 0 radical (unpaired) electrons. The quantitative estimate of drug-likeness (QED) is 0.877. The van der Waals surface area contributed by atoms with Crippen molar-refractivity contribution in [2.75, 3.05) is 12.4 Å². The number of nitrogens with one attached hydrogen (secondary N) is 1. The van der Waals surface area contributed by atoms with Crippen LogP contribution in [0.25, 0.3) is 11.3 Å². The number of hydrogen-bond acceptors (Lipinski definition) is 4. The summed E-state index contributed by atoms with van der Waals surface area (Å²) in [7, 11) is 1.86. The van der Waals surface area contributed by atoms with Gasteiger partial charge in [-0.2, -0.15) is 0 Å². The van der Waals surface area contributed by atoms with Gasteiger partial charge in [0.1, 0.15) is 11.6 Å². The molecule has 0 unspecified atom stereocenters. The van der Waals surface area contributed by atoms with Gasteiger partial charge in [0.25, 0.3) is 0 Å². The van der Waals surface area contributed by atoms with Crippen LogP contribution in [0.15, 0.2) is 30.6 Å². The van der Waals surface area contributed by atoms with Crippen LogP contribution >= 0.6 is 0 Å². The van der Waals surface area contributed by atoms with Gasteiger partial charge in [0, 0.05) is 37.0 Å². The Morgan fingerprint density at radius 1 is 1.24 bits per heavy atom.